The molecule has 1 aliphatic rings. The summed E-state index contributed by atoms with van der Waals surface area (Å²) in [5, 5.41) is 0. The molecule has 0 bridgehead atoms. The SMILES string of the molecule is CCCCCc1ccc(-c2ccc(C3(CCCCC)CCCCC3)cc2C)cc1. The lowest BCUT2D eigenvalue weighted by Crippen LogP contribution is -2.29. The predicted octanol–water partition coefficient (Wildman–Crippen LogP) is 9.18. The van der Waals surface area contributed by atoms with Crippen LogP contribution < -0.4 is 0 Å². The van der Waals surface area contributed by atoms with Gasteiger partial charge in [0.1, 0.15) is 0 Å². The third-order valence-electron chi connectivity index (χ3n) is 7.24. The third-order valence-corrected chi connectivity index (χ3v) is 7.24. The lowest BCUT2D eigenvalue weighted by molar-refractivity contribution is 0.266. The van der Waals surface area contributed by atoms with Gasteiger partial charge < -0.3 is 0 Å². The van der Waals surface area contributed by atoms with Crippen molar-refractivity contribution < 1.29 is 0 Å². The molecule has 2 aromatic rings. The molecule has 1 fully saturated rings. The Morgan fingerprint density at radius 2 is 1.45 bits per heavy atom. The molecule has 158 valence electrons. The predicted molar refractivity (Wildman–Crippen MR) is 129 cm³/mol. The fourth-order valence-corrected chi connectivity index (χ4v) is 5.37. The van der Waals surface area contributed by atoms with Crippen molar-refractivity contribution in [2.45, 2.75) is 110 Å². The van der Waals surface area contributed by atoms with E-state index in [4.69, 9.17) is 0 Å². The molecular formula is C29H42. The van der Waals surface area contributed by atoms with E-state index in [-0.39, 0.29) is 0 Å². The summed E-state index contributed by atoms with van der Waals surface area (Å²) >= 11 is 0. The molecule has 0 unspecified atom stereocenters. The first-order valence-electron chi connectivity index (χ1n) is 12.4. The molecule has 0 spiro atoms. The van der Waals surface area contributed by atoms with Crippen LogP contribution in [0.4, 0.5) is 0 Å². The summed E-state index contributed by atoms with van der Waals surface area (Å²) in [6.45, 7) is 6.91. The molecule has 0 heterocycles. The summed E-state index contributed by atoms with van der Waals surface area (Å²) in [5.74, 6) is 0. The Morgan fingerprint density at radius 1 is 0.759 bits per heavy atom. The van der Waals surface area contributed by atoms with E-state index in [0.717, 1.165) is 0 Å². The maximum absolute atomic E-state index is 2.53. The van der Waals surface area contributed by atoms with E-state index in [0.29, 0.717) is 5.41 Å². The third kappa shape index (κ3) is 5.74. The Morgan fingerprint density at radius 3 is 2.10 bits per heavy atom. The topological polar surface area (TPSA) is 0 Å². The van der Waals surface area contributed by atoms with E-state index in [1.54, 1.807) is 5.56 Å². The highest BCUT2D eigenvalue weighted by atomic mass is 14.4. The van der Waals surface area contributed by atoms with E-state index >= 15 is 0 Å². The Kier molecular flexibility index (Phi) is 8.40. The van der Waals surface area contributed by atoms with Gasteiger partial charge in [-0.15, -0.1) is 0 Å². The second kappa shape index (κ2) is 11.0. The highest BCUT2D eigenvalue weighted by molar-refractivity contribution is 5.68. The monoisotopic (exact) mass is 390 g/mol. The normalized spacial score (nSPS) is 16.1. The van der Waals surface area contributed by atoms with Gasteiger partial charge in [0.15, 0.2) is 0 Å². The molecule has 3 rings (SSSR count). The zero-order chi connectivity index (χ0) is 20.5. The fraction of sp³-hybridized carbons (Fsp3) is 0.586. The van der Waals surface area contributed by atoms with Gasteiger partial charge in [-0.25, -0.2) is 0 Å². The van der Waals surface area contributed by atoms with Gasteiger partial charge in [-0.05, 0) is 72.3 Å². The van der Waals surface area contributed by atoms with Crippen molar-refractivity contribution >= 4 is 0 Å². The van der Waals surface area contributed by atoms with Crippen molar-refractivity contribution in [1.29, 1.82) is 0 Å². The second-order valence-corrected chi connectivity index (χ2v) is 9.48. The maximum Gasteiger partial charge on any atom is -0.00469 e. The smallest absolute Gasteiger partial charge is 0.00469 e. The van der Waals surface area contributed by atoms with E-state index in [9.17, 15) is 0 Å². The van der Waals surface area contributed by atoms with Gasteiger partial charge in [0, 0.05) is 0 Å². The maximum atomic E-state index is 2.53. The first kappa shape index (κ1) is 22.1. The van der Waals surface area contributed by atoms with Crippen molar-refractivity contribution in [2.24, 2.45) is 0 Å². The Hall–Kier alpha value is -1.56. The van der Waals surface area contributed by atoms with Crippen LogP contribution in [0, 0.1) is 6.92 Å². The molecule has 1 aliphatic carbocycles. The van der Waals surface area contributed by atoms with Gasteiger partial charge in [-0.3, -0.25) is 0 Å². The molecule has 0 nitrogen and oxygen atoms in total. The van der Waals surface area contributed by atoms with Gasteiger partial charge >= 0.3 is 0 Å². The van der Waals surface area contributed by atoms with Crippen LogP contribution in [0.3, 0.4) is 0 Å². The van der Waals surface area contributed by atoms with Crippen molar-refractivity contribution in [3.8, 4) is 11.1 Å². The molecule has 0 heteroatoms. The largest absolute Gasteiger partial charge is 0.0654 e. The zero-order valence-electron chi connectivity index (χ0n) is 19.2. The van der Waals surface area contributed by atoms with Gasteiger partial charge in [0.05, 0.1) is 0 Å². The Bertz CT molecular complexity index is 731. The number of benzene rings is 2. The quantitative estimate of drug-likeness (QED) is 0.355. The summed E-state index contributed by atoms with van der Waals surface area (Å²) in [6.07, 6.45) is 17.6. The van der Waals surface area contributed by atoms with Crippen LogP contribution in [0.15, 0.2) is 42.5 Å². The lowest BCUT2D eigenvalue weighted by Gasteiger charge is -2.38. The van der Waals surface area contributed by atoms with Gasteiger partial charge in [-0.1, -0.05) is 108 Å². The summed E-state index contributed by atoms with van der Waals surface area (Å²) in [4.78, 5) is 0. The highest BCUT2D eigenvalue weighted by Crippen LogP contribution is 2.44. The minimum absolute atomic E-state index is 0.444. The average molecular weight is 391 g/mol. The summed E-state index contributed by atoms with van der Waals surface area (Å²) in [5.41, 5.74) is 7.77. The van der Waals surface area contributed by atoms with Crippen LogP contribution >= 0.6 is 0 Å². The van der Waals surface area contributed by atoms with Crippen molar-refractivity contribution in [2.75, 3.05) is 0 Å². The number of hydrogen-bond acceptors (Lipinski definition) is 0. The van der Waals surface area contributed by atoms with Crippen molar-refractivity contribution in [3.05, 3.63) is 59.2 Å². The number of aryl methyl sites for hydroxylation is 2. The number of unbranched alkanes of at least 4 members (excludes halogenated alkanes) is 4. The molecule has 0 atom stereocenters. The first-order chi connectivity index (χ1) is 14.2. The molecule has 0 N–H and O–H groups in total. The molecule has 0 radical (unpaired) electrons. The van der Waals surface area contributed by atoms with Gasteiger partial charge in [-0.2, -0.15) is 0 Å². The molecule has 0 aromatic heterocycles. The average Bonchev–Trinajstić information content (AvgIpc) is 2.75. The zero-order valence-corrected chi connectivity index (χ0v) is 19.2. The molecule has 0 amide bonds. The van der Waals surface area contributed by atoms with Gasteiger partial charge in [0.25, 0.3) is 0 Å². The molecular weight excluding hydrogens is 348 g/mol. The lowest BCUT2D eigenvalue weighted by atomic mass is 9.66. The van der Waals surface area contributed by atoms with Crippen LogP contribution in [0.1, 0.15) is 108 Å². The Balaban J connectivity index is 1.77. The minimum atomic E-state index is 0.444. The number of rotatable bonds is 10. The van der Waals surface area contributed by atoms with Crippen LogP contribution in [0.5, 0.6) is 0 Å². The van der Waals surface area contributed by atoms with Gasteiger partial charge in [0.2, 0.25) is 0 Å². The second-order valence-electron chi connectivity index (χ2n) is 9.48. The van der Waals surface area contributed by atoms with Crippen LogP contribution in [-0.4, -0.2) is 0 Å². The van der Waals surface area contributed by atoms with E-state index in [2.05, 4.69) is 63.2 Å². The molecule has 0 aliphatic heterocycles. The summed E-state index contributed by atoms with van der Waals surface area (Å²) < 4.78 is 0. The van der Waals surface area contributed by atoms with E-state index < -0.39 is 0 Å². The molecule has 1 saturated carbocycles. The minimum Gasteiger partial charge on any atom is -0.0654 e. The van der Waals surface area contributed by atoms with Crippen molar-refractivity contribution in [1.82, 2.24) is 0 Å². The Labute approximate surface area is 180 Å². The fourth-order valence-electron chi connectivity index (χ4n) is 5.37. The van der Waals surface area contributed by atoms with Crippen LogP contribution in [0.25, 0.3) is 11.1 Å². The summed E-state index contributed by atoms with van der Waals surface area (Å²) in [7, 11) is 0. The van der Waals surface area contributed by atoms with E-state index in [1.807, 2.05) is 0 Å². The van der Waals surface area contributed by atoms with Crippen LogP contribution in [0.2, 0.25) is 0 Å². The molecule has 29 heavy (non-hydrogen) atoms. The van der Waals surface area contributed by atoms with Crippen LogP contribution in [-0.2, 0) is 11.8 Å². The highest BCUT2D eigenvalue weighted by Gasteiger charge is 2.33. The molecule has 2 aromatic carbocycles. The molecule has 0 saturated heterocycles. The first-order valence-corrected chi connectivity index (χ1v) is 12.4. The van der Waals surface area contributed by atoms with Crippen molar-refractivity contribution in [3.63, 3.8) is 0 Å². The van der Waals surface area contributed by atoms with E-state index in [1.165, 1.54) is 106 Å². The summed E-state index contributed by atoms with van der Waals surface area (Å²) in [6, 6.07) is 16.8. The number of hydrogen-bond donors (Lipinski definition) is 0. The standard InChI is InChI=1S/C29H42/c1-4-6-9-13-25-14-16-26(17-15-25)28-19-18-27(23-24(28)3)29(20-10-7-5-2)21-11-8-12-22-29/h14-19,23H,4-13,20-22H2,1-3H3.